The van der Waals surface area contributed by atoms with Gasteiger partial charge in [-0.05, 0) is 37.8 Å². The van der Waals surface area contributed by atoms with E-state index >= 15 is 0 Å². The van der Waals surface area contributed by atoms with Crippen LogP contribution in [0.5, 0.6) is 0 Å². The molecule has 29 heavy (non-hydrogen) atoms. The summed E-state index contributed by atoms with van der Waals surface area (Å²) in [6.07, 6.45) is 8.05. The Hall–Kier alpha value is -1.59. The zero-order chi connectivity index (χ0) is 19.8. The molecular formula is C24H36N4O. The molecular weight excluding hydrogens is 360 g/mol. The molecule has 0 radical (unpaired) electrons. The molecule has 3 aliphatic heterocycles. The average molecular weight is 397 g/mol. The first kappa shape index (κ1) is 19.4. The van der Waals surface area contributed by atoms with Crippen molar-refractivity contribution in [1.82, 2.24) is 14.7 Å². The molecule has 1 aliphatic carbocycles. The Morgan fingerprint density at radius 3 is 2.48 bits per heavy atom. The molecule has 1 unspecified atom stereocenters. The molecule has 0 spiro atoms. The van der Waals surface area contributed by atoms with Gasteiger partial charge in [-0.25, -0.2) is 0 Å². The lowest BCUT2D eigenvalue weighted by Gasteiger charge is -2.44. The third-order valence-electron chi connectivity index (χ3n) is 7.90. The number of para-hydroxylation sites is 1. The highest BCUT2D eigenvalue weighted by molar-refractivity contribution is 5.82. The number of carbonyl (C=O) groups excluding carboxylic acids is 1. The molecule has 0 bridgehead atoms. The fourth-order valence-corrected chi connectivity index (χ4v) is 6.12. The Balaban J connectivity index is 1.15. The molecule has 5 heteroatoms. The van der Waals surface area contributed by atoms with Crippen molar-refractivity contribution in [3.8, 4) is 0 Å². The van der Waals surface area contributed by atoms with Crippen molar-refractivity contribution in [1.29, 1.82) is 0 Å². The average Bonchev–Trinajstić information content (AvgIpc) is 3.16. The molecule has 0 aromatic heterocycles. The number of fused-ring (bicyclic) bond motifs is 3. The Bertz CT molecular complexity index is 723. The predicted octanol–water partition coefficient (Wildman–Crippen LogP) is 2.60. The van der Waals surface area contributed by atoms with E-state index in [4.69, 9.17) is 0 Å². The minimum absolute atomic E-state index is 0.0128. The van der Waals surface area contributed by atoms with Gasteiger partial charge in [0.2, 0.25) is 5.91 Å². The monoisotopic (exact) mass is 396 g/mol. The van der Waals surface area contributed by atoms with Crippen molar-refractivity contribution in [2.75, 3.05) is 50.7 Å². The zero-order valence-corrected chi connectivity index (χ0v) is 17.9. The van der Waals surface area contributed by atoms with E-state index in [-0.39, 0.29) is 6.04 Å². The van der Waals surface area contributed by atoms with E-state index in [0.29, 0.717) is 11.9 Å². The lowest BCUT2D eigenvalue weighted by Crippen LogP contribution is -2.60. The van der Waals surface area contributed by atoms with Crippen LogP contribution in [0.25, 0.3) is 0 Å². The van der Waals surface area contributed by atoms with E-state index < -0.39 is 0 Å². The standard InChI is InChI=1S/C24H36N4O/c1-19(25-11-13-26(14-12-25)21-8-3-2-4-9-21)24(29)27-15-16-28-22(18-27)17-20-7-5-6-10-23(20)28/h5-7,10,19,21-22H,2-4,8-9,11-18H2,1H3/t19?,22-/m1/s1. The molecule has 5 rings (SSSR count). The normalized spacial score (nSPS) is 27.6. The lowest BCUT2D eigenvalue weighted by atomic mass is 9.93. The molecule has 158 valence electrons. The highest BCUT2D eigenvalue weighted by Gasteiger charge is 2.38. The minimum atomic E-state index is 0.0128. The van der Waals surface area contributed by atoms with E-state index in [1.165, 1.54) is 43.4 Å². The highest BCUT2D eigenvalue weighted by atomic mass is 16.2. The Kier molecular flexibility index (Phi) is 5.53. The highest BCUT2D eigenvalue weighted by Crippen LogP contribution is 2.34. The van der Waals surface area contributed by atoms with E-state index in [1.54, 1.807) is 0 Å². The van der Waals surface area contributed by atoms with E-state index in [9.17, 15) is 4.79 Å². The third kappa shape index (κ3) is 3.79. The minimum Gasteiger partial charge on any atom is -0.364 e. The van der Waals surface area contributed by atoms with Crippen molar-refractivity contribution in [3.63, 3.8) is 0 Å². The van der Waals surface area contributed by atoms with Gasteiger partial charge in [0.15, 0.2) is 0 Å². The van der Waals surface area contributed by atoms with Gasteiger partial charge in [-0.2, -0.15) is 0 Å². The second kappa shape index (κ2) is 8.27. The van der Waals surface area contributed by atoms with Gasteiger partial charge in [-0.3, -0.25) is 14.6 Å². The molecule has 1 saturated carbocycles. The van der Waals surface area contributed by atoms with Crippen LogP contribution in [0.4, 0.5) is 5.69 Å². The molecule has 2 atom stereocenters. The van der Waals surface area contributed by atoms with Crippen LogP contribution in [0.3, 0.4) is 0 Å². The Morgan fingerprint density at radius 1 is 0.931 bits per heavy atom. The van der Waals surface area contributed by atoms with Crippen LogP contribution >= 0.6 is 0 Å². The largest absolute Gasteiger partial charge is 0.364 e. The summed E-state index contributed by atoms with van der Waals surface area (Å²) >= 11 is 0. The summed E-state index contributed by atoms with van der Waals surface area (Å²) in [7, 11) is 0. The van der Waals surface area contributed by atoms with Crippen LogP contribution in [0, 0.1) is 0 Å². The van der Waals surface area contributed by atoms with Crippen molar-refractivity contribution in [2.45, 2.75) is 63.6 Å². The molecule has 1 aromatic rings. The number of nitrogens with zero attached hydrogens (tertiary/aromatic N) is 4. The topological polar surface area (TPSA) is 30.0 Å². The Labute approximate surface area is 175 Å². The summed E-state index contributed by atoms with van der Waals surface area (Å²) < 4.78 is 0. The second-order valence-electron chi connectivity index (χ2n) is 9.50. The maximum atomic E-state index is 13.3. The van der Waals surface area contributed by atoms with Crippen molar-refractivity contribution in [3.05, 3.63) is 29.8 Å². The SMILES string of the molecule is CC(C(=O)N1CCN2c3ccccc3C[C@@H]2C1)N1CCN(C2CCCCC2)CC1. The van der Waals surface area contributed by atoms with Gasteiger partial charge in [0.25, 0.3) is 0 Å². The van der Waals surface area contributed by atoms with Crippen LogP contribution in [-0.2, 0) is 11.2 Å². The quantitative estimate of drug-likeness (QED) is 0.786. The molecule has 1 aromatic carbocycles. The molecule has 3 heterocycles. The van der Waals surface area contributed by atoms with Crippen LogP contribution in [0.1, 0.15) is 44.6 Å². The van der Waals surface area contributed by atoms with Crippen molar-refractivity contribution >= 4 is 11.6 Å². The van der Waals surface area contributed by atoms with Gasteiger partial charge < -0.3 is 9.80 Å². The number of anilines is 1. The zero-order valence-electron chi connectivity index (χ0n) is 17.9. The van der Waals surface area contributed by atoms with Gasteiger partial charge in [0.1, 0.15) is 0 Å². The van der Waals surface area contributed by atoms with E-state index in [1.807, 2.05) is 0 Å². The molecule has 4 aliphatic rings. The summed E-state index contributed by atoms with van der Waals surface area (Å²) in [6, 6.07) is 10.0. The summed E-state index contributed by atoms with van der Waals surface area (Å²) in [6.45, 7) is 9.18. The smallest absolute Gasteiger partial charge is 0.239 e. The van der Waals surface area contributed by atoms with E-state index in [2.05, 4.69) is 50.8 Å². The van der Waals surface area contributed by atoms with Gasteiger partial charge in [0.05, 0.1) is 12.1 Å². The number of rotatable bonds is 3. The fourth-order valence-electron chi connectivity index (χ4n) is 6.12. The van der Waals surface area contributed by atoms with Crippen LogP contribution in [-0.4, -0.2) is 84.5 Å². The number of hydrogen-bond donors (Lipinski definition) is 0. The van der Waals surface area contributed by atoms with Gasteiger partial charge >= 0.3 is 0 Å². The first-order chi connectivity index (χ1) is 14.2. The first-order valence-corrected chi connectivity index (χ1v) is 11.8. The molecule has 1 amide bonds. The fraction of sp³-hybridized carbons (Fsp3) is 0.708. The van der Waals surface area contributed by atoms with Crippen molar-refractivity contribution in [2.24, 2.45) is 0 Å². The number of benzene rings is 1. The number of amides is 1. The van der Waals surface area contributed by atoms with Crippen LogP contribution in [0.15, 0.2) is 24.3 Å². The predicted molar refractivity (Wildman–Crippen MR) is 117 cm³/mol. The Morgan fingerprint density at radius 2 is 1.69 bits per heavy atom. The summed E-state index contributed by atoms with van der Waals surface area (Å²) in [5, 5.41) is 0. The maximum absolute atomic E-state index is 13.3. The third-order valence-corrected chi connectivity index (χ3v) is 7.90. The lowest BCUT2D eigenvalue weighted by molar-refractivity contribution is -0.138. The summed E-state index contributed by atoms with van der Waals surface area (Å²) in [4.78, 5) is 23.1. The van der Waals surface area contributed by atoms with Crippen molar-refractivity contribution < 1.29 is 4.79 Å². The molecule has 3 fully saturated rings. The molecule has 5 nitrogen and oxygen atoms in total. The molecule has 0 N–H and O–H groups in total. The number of piperazine rings is 2. The van der Waals surface area contributed by atoms with Gasteiger partial charge in [-0.15, -0.1) is 0 Å². The molecule has 2 saturated heterocycles. The first-order valence-electron chi connectivity index (χ1n) is 11.8. The van der Waals surface area contributed by atoms with Crippen LogP contribution in [0.2, 0.25) is 0 Å². The summed E-state index contributed by atoms with van der Waals surface area (Å²) in [5.41, 5.74) is 2.83. The van der Waals surface area contributed by atoms with Gasteiger partial charge in [0, 0.05) is 57.5 Å². The van der Waals surface area contributed by atoms with E-state index in [0.717, 1.165) is 58.3 Å². The second-order valence-corrected chi connectivity index (χ2v) is 9.50. The number of hydrogen-bond acceptors (Lipinski definition) is 4. The van der Waals surface area contributed by atoms with Gasteiger partial charge in [-0.1, -0.05) is 37.5 Å². The summed E-state index contributed by atoms with van der Waals surface area (Å²) in [5.74, 6) is 0.340. The number of carbonyl (C=O) groups is 1. The maximum Gasteiger partial charge on any atom is 0.239 e. The van der Waals surface area contributed by atoms with Crippen LogP contribution < -0.4 is 4.90 Å².